The van der Waals surface area contributed by atoms with Crippen molar-refractivity contribution >= 4 is 11.8 Å². The van der Waals surface area contributed by atoms with E-state index in [1.165, 1.54) is 18.6 Å². The minimum Gasteiger partial charge on any atom is -0.507 e. The Bertz CT molecular complexity index is 468. The van der Waals surface area contributed by atoms with Crippen molar-refractivity contribution in [1.29, 1.82) is 0 Å². The van der Waals surface area contributed by atoms with Gasteiger partial charge in [-0.1, -0.05) is 31.4 Å². The van der Waals surface area contributed by atoms with Crippen molar-refractivity contribution in [3.05, 3.63) is 29.8 Å². The molecule has 0 heterocycles. The number of nitrogens with one attached hydrogen (secondary N) is 2. The zero-order valence-corrected chi connectivity index (χ0v) is 10.7. The number of hydrazine groups is 1. The molecule has 102 valence electrons. The molecule has 2 amide bonds. The van der Waals surface area contributed by atoms with Gasteiger partial charge in [0.05, 0.1) is 5.56 Å². The van der Waals surface area contributed by atoms with E-state index in [0.29, 0.717) is 0 Å². The molecule has 1 saturated carbocycles. The Kier molecular flexibility index (Phi) is 4.39. The van der Waals surface area contributed by atoms with E-state index in [-0.39, 0.29) is 23.1 Å². The first-order valence-corrected chi connectivity index (χ1v) is 6.56. The quantitative estimate of drug-likeness (QED) is 0.710. The number of carbonyl (C=O) groups is 2. The number of carbonyl (C=O) groups excluding carboxylic acids is 2. The van der Waals surface area contributed by atoms with E-state index < -0.39 is 5.91 Å². The molecule has 1 aromatic carbocycles. The Morgan fingerprint density at radius 3 is 2.42 bits per heavy atom. The molecule has 0 spiro atoms. The molecule has 0 saturated heterocycles. The van der Waals surface area contributed by atoms with Crippen LogP contribution in [0.1, 0.15) is 42.5 Å². The summed E-state index contributed by atoms with van der Waals surface area (Å²) in [5.41, 5.74) is 4.91. The highest BCUT2D eigenvalue weighted by Crippen LogP contribution is 2.23. The van der Waals surface area contributed by atoms with Gasteiger partial charge >= 0.3 is 0 Å². The van der Waals surface area contributed by atoms with Crippen LogP contribution in [-0.4, -0.2) is 16.9 Å². The lowest BCUT2D eigenvalue weighted by Crippen LogP contribution is -2.44. The largest absolute Gasteiger partial charge is 0.507 e. The van der Waals surface area contributed by atoms with Gasteiger partial charge in [-0.3, -0.25) is 20.4 Å². The highest BCUT2D eigenvalue weighted by Gasteiger charge is 2.21. The minimum atomic E-state index is -0.512. The van der Waals surface area contributed by atoms with Crippen molar-refractivity contribution in [2.45, 2.75) is 32.1 Å². The molecule has 2 rings (SSSR count). The van der Waals surface area contributed by atoms with Gasteiger partial charge in [-0.15, -0.1) is 0 Å². The second-order valence-electron chi connectivity index (χ2n) is 4.80. The molecule has 1 aliphatic rings. The van der Waals surface area contributed by atoms with E-state index in [4.69, 9.17) is 0 Å². The number of phenolic OH excluding ortho intramolecular Hbond substituents is 1. The predicted octanol–water partition coefficient (Wildman–Crippen LogP) is 1.73. The number of phenols is 1. The smallest absolute Gasteiger partial charge is 0.273 e. The van der Waals surface area contributed by atoms with Gasteiger partial charge in [0, 0.05) is 5.92 Å². The number of amides is 2. The number of hydrogen-bond donors (Lipinski definition) is 3. The molecule has 1 aromatic rings. The van der Waals surface area contributed by atoms with E-state index in [2.05, 4.69) is 10.9 Å². The second-order valence-corrected chi connectivity index (χ2v) is 4.80. The van der Waals surface area contributed by atoms with Crippen molar-refractivity contribution in [3.8, 4) is 5.75 Å². The Morgan fingerprint density at radius 1 is 1.05 bits per heavy atom. The maximum absolute atomic E-state index is 11.8. The van der Waals surface area contributed by atoms with Crippen LogP contribution in [0.3, 0.4) is 0 Å². The Morgan fingerprint density at radius 2 is 1.74 bits per heavy atom. The van der Waals surface area contributed by atoms with E-state index >= 15 is 0 Å². The molecular formula is C14H18N2O3. The summed E-state index contributed by atoms with van der Waals surface area (Å²) >= 11 is 0. The molecule has 3 N–H and O–H groups in total. The first-order chi connectivity index (χ1) is 9.18. The summed E-state index contributed by atoms with van der Waals surface area (Å²) in [5, 5.41) is 9.52. The van der Waals surface area contributed by atoms with Crippen LogP contribution >= 0.6 is 0 Å². The fourth-order valence-electron chi connectivity index (χ4n) is 2.32. The fourth-order valence-corrected chi connectivity index (χ4v) is 2.32. The van der Waals surface area contributed by atoms with Gasteiger partial charge in [0.2, 0.25) is 5.91 Å². The molecule has 1 fully saturated rings. The number of para-hydroxylation sites is 1. The summed E-state index contributed by atoms with van der Waals surface area (Å²) in [6.07, 6.45) is 5.04. The monoisotopic (exact) mass is 262 g/mol. The molecule has 1 aliphatic carbocycles. The first-order valence-electron chi connectivity index (χ1n) is 6.56. The third-order valence-electron chi connectivity index (χ3n) is 3.42. The molecule has 5 heteroatoms. The average molecular weight is 262 g/mol. The summed E-state index contributed by atoms with van der Waals surface area (Å²) in [6.45, 7) is 0. The van der Waals surface area contributed by atoms with E-state index in [0.717, 1.165) is 25.7 Å². The third-order valence-corrected chi connectivity index (χ3v) is 3.42. The molecule has 0 bridgehead atoms. The first kappa shape index (κ1) is 13.4. The van der Waals surface area contributed by atoms with Crippen LogP contribution in [0.2, 0.25) is 0 Å². The van der Waals surface area contributed by atoms with Gasteiger partial charge in [0.1, 0.15) is 5.75 Å². The van der Waals surface area contributed by atoms with Gasteiger partial charge in [0.15, 0.2) is 0 Å². The Hall–Kier alpha value is -2.04. The lowest BCUT2D eigenvalue weighted by molar-refractivity contribution is -0.126. The van der Waals surface area contributed by atoms with E-state index in [9.17, 15) is 14.7 Å². The van der Waals surface area contributed by atoms with Crippen LogP contribution in [0, 0.1) is 5.92 Å². The molecule has 0 atom stereocenters. The molecule has 0 aromatic heterocycles. The number of benzene rings is 1. The minimum absolute atomic E-state index is 0.0154. The summed E-state index contributed by atoms with van der Waals surface area (Å²) in [6, 6.07) is 6.21. The molecule has 19 heavy (non-hydrogen) atoms. The highest BCUT2D eigenvalue weighted by molar-refractivity contribution is 5.97. The number of aromatic hydroxyl groups is 1. The van der Waals surface area contributed by atoms with Crippen LogP contribution in [0.5, 0.6) is 5.75 Å². The van der Waals surface area contributed by atoms with Gasteiger partial charge in [-0.25, -0.2) is 0 Å². The summed E-state index contributed by atoms with van der Waals surface area (Å²) in [5.74, 6) is -0.781. The summed E-state index contributed by atoms with van der Waals surface area (Å²) < 4.78 is 0. The lowest BCUT2D eigenvalue weighted by Gasteiger charge is -2.20. The van der Waals surface area contributed by atoms with Crippen LogP contribution < -0.4 is 10.9 Å². The topological polar surface area (TPSA) is 78.4 Å². The van der Waals surface area contributed by atoms with Crippen molar-refractivity contribution in [3.63, 3.8) is 0 Å². The molecule has 0 aliphatic heterocycles. The number of rotatable bonds is 2. The SMILES string of the molecule is O=C(NNC(=O)C1CCCCC1)c1ccccc1O. The van der Waals surface area contributed by atoms with Gasteiger partial charge in [0.25, 0.3) is 5.91 Å². The third kappa shape index (κ3) is 3.47. The van der Waals surface area contributed by atoms with Gasteiger partial charge in [-0.2, -0.15) is 0 Å². The normalized spacial score (nSPS) is 15.8. The summed E-state index contributed by atoms with van der Waals surface area (Å²) in [7, 11) is 0. The van der Waals surface area contributed by atoms with Crippen LogP contribution in [0.15, 0.2) is 24.3 Å². The highest BCUT2D eigenvalue weighted by atomic mass is 16.3. The number of hydrogen-bond acceptors (Lipinski definition) is 3. The predicted molar refractivity (Wildman–Crippen MR) is 70.3 cm³/mol. The second kappa shape index (κ2) is 6.22. The molecule has 0 unspecified atom stereocenters. The Balaban J connectivity index is 1.86. The van der Waals surface area contributed by atoms with E-state index in [1.54, 1.807) is 12.1 Å². The van der Waals surface area contributed by atoms with Crippen LogP contribution in [0.4, 0.5) is 0 Å². The van der Waals surface area contributed by atoms with E-state index in [1.807, 2.05) is 0 Å². The van der Waals surface area contributed by atoms with Crippen LogP contribution in [0.25, 0.3) is 0 Å². The zero-order valence-electron chi connectivity index (χ0n) is 10.7. The average Bonchev–Trinajstić information content (AvgIpc) is 2.46. The molecular weight excluding hydrogens is 244 g/mol. The van der Waals surface area contributed by atoms with Crippen molar-refractivity contribution in [1.82, 2.24) is 10.9 Å². The standard InChI is InChI=1S/C14H18N2O3/c17-12-9-5-4-8-11(12)14(19)16-15-13(18)10-6-2-1-3-7-10/h4-5,8-10,17H,1-3,6-7H2,(H,15,18)(H,16,19). The maximum atomic E-state index is 11.8. The molecule has 5 nitrogen and oxygen atoms in total. The lowest BCUT2D eigenvalue weighted by atomic mass is 9.89. The van der Waals surface area contributed by atoms with Crippen molar-refractivity contribution in [2.75, 3.05) is 0 Å². The van der Waals surface area contributed by atoms with Crippen molar-refractivity contribution < 1.29 is 14.7 Å². The van der Waals surface area contributed by atoms with Crippen LogP contribution in [-0.2, 0) is 4.79 Å². The van der Waals surface area contributed by atoms with Crippen molar-refractivity contribution in [2.24, 2.45) is 5.92 Å². The fraction of sp³-hybridized carbons (Fsp3) is 0.429. The molecule has 0 radical (unpaired) electrons. The van der Waals surface area contributed by atoms with Gasteiger partial charge < -0.3 is 5.11 Å². The maximum Gasteiger partial charge on any atom is 0.273 e. The Labute approximate surface area is 112 Å². The van der Waals surface area contributed by atoms with Gasteiger partial charge in [-0.05, 0) is 25.0 Å². The summed E-state index contributed by atoms with van der Waals surface area (Å²) in [4.78, 5) is 23.6. The zero-order chi connectivity index (χ0) is 13.7.